The van der Waals surface area contributed by atoms with E-state index < -0.39 is 29.3 Å². The van der Waals surface area contributed by atoms with Gasteiger partial charge in [0.25, 0.3) is 0 Å². The van der Waals surface area contributed by atoms with Crippen molar-refractivity contribution in [2.45, 2.75) is 54.1 Å². The van der Waals surface area contributed by atoms with Crippen LogP contribution in [0.2, 0.25) is 0 Å². The Labute approximate surface area is 158 Å². The van der Waals surface area contributed by atoms with E-state index in [0.717, 1.165) is 12.2 Å². The molecule has 0 spiro atoms. The van der Waals surface area contributed by atoms with Gasteiger partial charge in [0.05, 0.1) is 18.8 Å². The van der Waals surface area contributed by atoms with Gasteiger partial charge in [0.1, 0.15) is 5.57 Å². The Morgan fingerprint density at radius 2 is 1.41 bits per heavy atom. The van der Waals surface area contributed by atoms with Gasteiger partial charge in [0.15, 0.2) is 0 Å². The van der Waals surface area contributed by atoms with Crippen LogP contribution in [-0.2, 0) is 19.1 Å². The standard InChI is InChI=1S/C20H27F3O4/c1-7-13(5)15(12-17(14(6)8-2)20(21,22)23)11-16(18(24)26-9-3)19(25)27-10-4/h7,11-12H,8-10H2,1-6H3/b13-7-,15-12-,17-14-. The summed E-state index contributed by atoms with van der Waals surface area (Å²) in [5, 5.41) is 0. The first-order valence-electron chi connectivity index (χ1n) is 8.71. The van der Waals surface area contributed by atoms with Gasteiger partial charge >= 0.3 is 18.1 Å². The van der Waals surface area contributed by atoms with Crippen LogP contribution in [0.4, 0.5) is 13.2 Å². The van der Waals surface area contributed by atoms with Crippen molar-refractivity contribution in [1.29, 1.82) is 0 Å². The summed E-state index contributed by atoms with van der Waals surface area (Å²) in [4.78, 5) is 24.2. The third-order valence-corrected chi connectivity index (χ3v) is 3.77. The summed E-state index contributed by atoms with van der Waals surface area (Å²) in [6, 6.07) is 0. The van der Waals surface area contributed by atoms with Crippen molar-refractivity contribution < 1.29 is 32.2 Å². The lowest BCUT2D eigenvalue weighted by Gasteiger charge is -2.14. The minimum Gasteiger partial charge on any atom is -0.462 e. The Balaban J connectivity index is 6.59. The van der Waals surface area contributed by atoms with Crippen molar-refractivity contribution in [3.63, 3.8) is 0 Å². The van der Waals surface area contributed by atoms with Crippen LogP contribution in [0.15, 0.2) is 46.1 Å². The molecule has 0 fully saturated rings. The van der Waals surface area contributed by atoms with Crippen LogP contribution in [0.1, 0.15) is 48.0 Å². The zero-order valence-electron chi connectivity index (χ0n) is 16.6. The minimum absolute atomic E-state index is 0.0138. The Bertz CT molecular complexity index is 645. The van der Waals surface area contributed by atoms with E-state index in [1.54, 1.807) is 40.7 Å². The molecule has 0 rings (SSSR count). The van der Waals surface area contributed by atoms with E-state index in [-0.39, 0.29) is 30.8 Å². The molecule has 152 valence electrons. The molecular formula is C20H27F3O4. The Morgan fingerprint density at radius 3 is 1.74 bits per heavy atom. The van der Waals surface area contributed by atoms with E-state index in [9.17, 15) is 22.8 Å². The molecule has 0 aliphatic rings. The highest BCUT2D eigenvalue weighted by Gasteiger charge is 2.34. The molecular weight excluding hydrogens is 361 g/mol. The zero-order chi connectivity index (χ0) is 21.2. The topological polar surface area (TPSA) is 52.6 Å². The molecule has 7 heteroatoms. The van der Waals surface area contributed by atoms with Gasteiger partial charge in [-0.2, -0.15) is 13.2 Å². The van der Waals surface area contributed by atoms with Gasteiger partial charge in [-0.05, 0) is 64.3 Å². The fraction of sp³-hybridized carbons (Fsp3) is 0.500. The maximum atomic E-state index is 13.5. The average molecular weight is 388 g/mol. The SMILES string of the molecule is C\C=C(C)/C(C=C(C(=O)OCC)C(=O)OCC)=C\C(=C(/C)CC)C(F)(F)F. The van der Waals surface area contributed by atoms with E-state index in [2.05, 4.69) is 0 Å². The molecule has 0 radical (unpaired) electrons. The highest BCUT2D eigenvalue weighted by Crippen LogP contribution is 2.32. The minimum atomic E-state index is -4.57. The predicted molar refractivity (Wildman–Crippen MR) is 97.9 cm³/mol. The maximum Gasteiger partial charge on any atom is 0.416 e. The van der Waals surface area contributed by atoms with Gasteiger partial charge in [0.2, 0.25) is 0 Å². The molecule has 4 nitrogen and oxygen atoms in total. The predicted octanol–water partition coefficient (Wildman–Crippen LogP) is 5.22. The van der Waals surface area contributed by atoms with E-state index >= 15 is 0 Å². The maximum absolute atomic E-state index is 13.5. The summed E-state index contributed by atoms with van der Waals surface area (Å²) < 4.78 is 50.0. The van der Waals surface area contributed by atoms with Gasteiger partial charge in [-0.3, -0.25) is 0 Å². The van der Waals surface area contributed by atoms with E-state index in [1.165, 1.54) is 6.92 Å². The molecule has 0 N–H and O–H groups in total. The van der Waals surface area contributed by atoms with E-state index in [1.807, 2.05) is 0 Å². The Kier molecular flexibility index (Phi) is 10.4. The van der Waals surface area contributed by atoms with Crippen molar-refractivity contribution in [1.82, 2.24) is 0 Å². The molecule has 0 aromatic rings. The molecule has 0 saturated heterocycles. The van der Waals surface area contributed by atoms with Crippen molar-refractivity contribution in [2.24, 2.45) is 0 Å². The molecule has 0 aliphatic heterocycles. The quantitative estimate of drug-likeness (QED) is 0.188. The number of alkyl halides is 3. The van der Waals surface area contributed by atoms with Crippen LogP contribution in [0.3, 0.4) is 0 Å². The first-order valence-corrected chi connectivity index (χ1v) is 8.71. The number of hydrogen-bond acceptors (Lipinski definition) is 4. The first-order chi connectivity index (χ1) is 12.5. The van der Waals surface area contributed by atoms with Gasteiger partial charge in [-0.25, -0.2) is 9.59 Å². The fourth-order valence-corrected chi connectivity index (χ4v) is 2.00. The Morgan fingerprint density at radius 1 is 0.926 bits per heavy atom. The monoisotopic (exact) mass is 388 g/mol. The van der Waals surface area contributed by atoms with Crippen molar-refractivity contribution >= 4 is 11.9 Å². The molecule has 0 heterocycles. The molecule has 0 amide bonds. The smallest absolute Gasteiger partial charge is 0.416 e. The molecule has 0 aromatic carbocycles. The molecule has 0 atom stereocenters. The van der Waals surface area contributed by atoms with E-state index in [0.29, 0.717) is 5.57 Å². The molecule has 27 heavy (non-hydrogen) atoms. The summed E-state index contributed by atoms with van der Waals surface area (Å²) >= 11 is 0. The van der Waals surface area contributed by atoms with Crippen LogP contribution in [0, 0.1) is 0 Å². The number of rotatable bonds is 8. The number of esters is 2. The molecule has 0 aliphatic carbocycles. The number of hydrogen-bond donors (Lipinski definition) is 0. The summed E-state index contributed by atoms with van der Waals surface area (Å²) in [6.45, 7) is 9.40. The van der Waals surface area contributed by atoms with Crippen LogP contribution < -0.4 is 0 Å². The Hall–Kier alpha value is -2.31. The van der Waals surface area contributed by atoms with Gasteiger partial charge in [-0.15, -0.1) is 0 Å². The van der Waals surface area contributed by atoms with Crippen molar-refractivity contribution in [3.8, 4) is 0 Å². The highest BCUT2D eigenvalue weighted by molar-refractivity contribution is 6.14. The van der Waals surface area contributed by atoms with Crippen molar-refractivity contribution in [3.05, 3.63) is 46.1 Å². The van der Waals surface area contributed by atoms with Gasteiger partial charge in [-0.1, -0.05) is 18.6 Å². The second-order valence-electron chi connectivity index (χ2n) is 5.62. The summed E-state index contributed by atoms with van der Waals surface area (Å²) in [6.07, 6.45) is -0.751. The van der Waals surface area contributed by atoms with Crippen LogP contribution in [-0.4, -0.2) is 31.3 Å². The summed E-state index contributed by atoms with van der Waals surface area (Å²) in [5.74, 6) is -1.90. The lowest BCUT2D eigenvalue weighted by molar-refractivity contribution is -0.146. The summed E-state index contributed by atoms with van der Waals surface area (Å²) in [5.41, 5.74) is -0.585. The summed E-state index contributed by atoms with van der Waals surface area (Å²) in [7, 11) is 0. The van der Waals surface area contributed by atoms with Crippen LogP contribution in [0.5, 0.6) is 0 Å². The highest BCUT2D eigenvalue weighted by atomic mass is 19.4. The van der Waals surface area contributed by atoms with Gasteiger partial charge < -0.3 is 9.47 Å². The average Bonchev–Trinajstić information content (AvgIpc) is 2.59. The lowest BCUT2D eigenvalue weighted by atomic mass is 9.98. The second-order valence-corrected chi connectivity index (χ2v) is 5.62. The normalized spacial score (nSPS) is 13.7. The van der Waals surface area contributed by atoms with Gasteiger partial charge in [0, 0.05) is 0 Å². The lowest BCUT2D eigenvalue weighted by Crippen LogP contribution is -2.19. The number of allylic oxidation sites excluding steroid dienone is 7. The second kappa shape index (κ2) is 11.4. The molecule has 0 unspecified atom stereocenters. The number of carbonyl (C=O) groups is 2. The number of halogens is 3. The molecule has 0 aromatic heterocycles. The van der Waals surface area contributed by atoms with Crippen LogP contribution >= 0.6 is 0 Å². The third-order valence-electron chi connectivity index (χ3n) is 3.77. The van der Waals surface area contributed by atoms with Crippen LogP contribution in [0.25, 0.3) is 0 Å². The van der Waals surface area contributed by atoms with E-state index in [4.69, 9.17) is 9.47 Å². The first kappa shape index (κ1) is 24.7. The van der Waals surface area contributed by atoms with Crippen molar-refractivity contribution in [2.75, 3.05) is 13.2 Å². The largest absolute Gasteiger partial charge is 0.462 e. The molecule has 0 saturated carbocycles. The third kappa shape index (κ3) is 7.85. The zero-order valence-corrected chi connectivity index (χ0v) is 16.6. The molecule has 0 bridgehead atoms. The fourth-order valence-electron chi connectivity index (χ4n) is 2.00. The number of ether oxygens (including phenoxy) is 2. The number of carbonyl (C=O) groups excluding carboxylic acids is 2.